The molecule has 0 radical (unpaired) electrons. The van der Waals surface area contributed by atoms with E-state index in [1.807, 2.05) is 0 Å². The van der Waals surface area contributed by atoms with E-state index in [0.29, 0.717) is 6.54 Å². The van der Waals surface area contributed by atoms with Crippen molar-refractivity contribution in [3.63, 3.8) is 0 Å². The second kappa shape index (κ2) is 2.90. The van der Waals surface area contributed by atoms with E-state index in [0.717, 1.165) is 0 Å². The minimum atomic E-state index is -0.567. The largest absolute Gasteiger partial charge is 0.436 e. The van der Waals surface area contributed by atoms with Crippen molar-refractivity contribution in [3.8, 4) is 0 Å². The molecule has 1 unspecified atom stereocenters. The van der Waals surface area contributed by atoms with E-state index in [-0.39, 0.29) is 11.7 Å². The smallest absolute Gasteiger partial charge is 0.408 e. The molecule has 4 heteroatoms. The number of Topliss-reactive ketones (excluding diaryl/α,β-unsaturated/α-hetero) is 1. The average molecular weight is 157 g/mol. The van der Waals surface area contributed by atoms with E-state index in [1.165, 1.54) is 0 Å². The highest BCUT2D eigenvalue weighted by Crippen LogP contribution is 2.07. The van der Waals surface area contributed by atoms with Crippen LogP contribution in [-0.4, -0.2) is 24.5 Å². The Morgan fingerprint density at radius 2 is 2.36 bits per heavy atom. The molecule has 0 bridgehead atoms. The van der Waals surface area contributed by atoms with Crippen molar-refractivity contribution in [2.75, 3.05) is 6.54 Å². The van der Waals surface area contributed by atoms with Gasteiger partial charge in [-0.1, -0.05) is 13.8 Å². The Morgan fingerprint density at radius 3 is 2.73 bits per heavy atom. The Kier molecular flexibility index (Phi) is 2.12. The number of amides is 1. The predicted molar refractivity (Wildman–Crippen MR) is 38.1 cm³/mol. The fraction of sp³-hybridized carbons (Fsp3) is 0.714. The maximum Gasteiger partial charge on any atom is 0.408 e. The standard InChI is InChI=1S/C7H11NO3/c1-4(2)6(9)5-3-8-7(10)11-5/h4-5H,3H2,1-2H3,(H,8,10). The molecule has 1 aliphatic rings. The number of hydrogen-bond donors (Lipinski definition) is 1. The molecule has 11 heavy (non-hydrogen) atoms. The SMILES string of the molecule is CC(C)C(=O)C1CNC(=O)O1. The van der Waals surface area contributed by atoms with Crippen molar-refractivity contribution in [1.29, 1.82) is 0 Å². The first-order valence-electron chi connectivity index (χ1n) is 3.59. The molecular weight excluding hydrogens is 146 g/mol. The zero-order valence-electron chi connectivity index (χ0n) is 6.59. The molecule has 0 saturated carbocycles. The molecule has 1 heterocycles. The van der Waals surface area contributed by atoms with Gasteiger partial charge in [0, 0.05) is 5.92 Å². The van der Waals surface area contributed by atoms with Crippen LogP contribution in [0.25, 0.3) is 0 Å². The lowest BCUT2D eigenvalue weighted by atomic mass is 10.0. The van der Waals surface area contributed by atoms with E-state index < -0.39 is 12.2 Å². The molecule has 0 aromatic heterocycles. The van der Waals surface area contributed by atoms with Gasteiger partial charge in [-0.3, -0.25) is 4.79 Å². The third kappa shape index (κ3) is 1.69. The van der Waals surface area contributed by atoms with Crippen LogP contribution in [0.1, 0.15) is 13.8 Å². The van der Waals surface area contributed by atoms with Crippen LogP contribution >= 0.6 is 0 Å². The molecule has 1 amide bonds. The van der Waals surface area contributed by atoms with E-state index in [9.17, 15) is 9.59 Å². The lowest BCUT2D eigenvalue weighted by molar-refractivity contribution is -0.128. The molecular formula is C7H11NO3. The zero-order chi connectivity index (χ0) is 8.43. The van der Waals surface area contributed by atoms with Crippen LogP contribution in [0.2, 0.25) is 0 Å². The van der Waals surface area contributed by atoms with E-state index in [2.05, 4.69) is 10.1 Å². The third-order valence-electron chi connectivity index (χ3n) is 1.57. The van der Waals surface area contributed by atoms with Crippen molar-refractivity contribution < 1.29 is 14.3 Å². The molecule has 1 atom stereocenters. The van der Waals surface area contributed by atoms with Gasteiger partial charge in [-0.15, -0.1) is 0 Å². The number of cyclic esters (lactones) is 1. The van der Waals surface area contributed by atoms with Crippen LogP contribution in [0.5, 0.6) is 0 Å². The Bertz CT molecular complexity index is 188. The summed E-state index contributed by atoms with van der Waals surface area (Å²) in [6, 6.07) is 0. The van der Waals surface area contributed by atoms with Gasteiger partial charge in [0.15, 0.2) is 11.9 Å². The molecule has 1 saturated heterocycles. The number of carbonyl (C=O) groups excluding carboxylic acids is 2. The lowest BCUT2D eigenvalue weighted by Gasteiger charge is -2.08. The highest BCUT2D eigenvalue weighted by molar-refractivity contribution is 5.89. The minimum Gasteiger partial charge on any atom is -0.436 e. The number of nitrogens with one attached hydrogen (secondary N) is 1. The van der Waals surface area contributed by atoms with Crippen molar-refractivity contribution in [3.05, 3.63) is 0 Å². The van der Waals surface area contributed by atoms with Gasteiger partial charge in [0.1, 0.15) is 0 Å². The first-order valence-corrected chi connectivity index (χ1v) is 3.59. The summed E-state index contributed by atoms with van der Waals surface area (Å²) in [5, 5.41) is 2.42. The van der Waals surface area contributed by atoms with Gasteiger partial charge in [-0.25, -0.2) is 4.79 Å². The highest BCUT2D eigenvalue weighted by Gasteiger charge is 2.30. The van der Waals surface area contributed by atoms with Crippen LogP contribution in [-0.2, 0) is 9.53 Å². The normalized spacial score (nSPS) is 23.2. The molecule has 62 valence electrons. The van der Waals surface area contributed by atoms with Crippen molar-refractivity contribution in [1.82, 2.24) is 5.32 Å². The monoisotopic (exact) mass is 157 g/mol. The van der Waals surface area contributed by atoms with Gasteiger partial charge >= 0.3 is 6.09 Å². The zero-order valence-corrected chi connectivity index (χ0v) is 6.59. The summed E-state index contributed by atoms with van der Waals surface area (Å²) in [6.45, 7) is 3.89. The summed E-state index contributed by atoms with van der Waals surface area (Å²) in [5.74, 6) is -0.101. The molecule has 0 aliphatic carbocycles. The summed E-state index contributed by atoms with van der Waals surface area (Å²) < 4.78 is 4.68. The van der Waals surface area contributed by atoms with E-state index in [4.69, 9.17) is 0 Å². The Hall–Kier alpha value is -1.06. The maximum atomic E-state index is 11.2. The molecule has 1 aliphatic heterocycles. The highest BCUT2D eigenvalue weighted by atomic mass is 16.6. The van der Waals surface area contributed by atoms with E-state index >= 15 is 0 Å². The van der Waals surface area contributed by atoms with Crippen molar-refractivity contribution in [2.24, 2.45) is 5.92 Å². The van der Waals surface area contributed by atoms with Crippen LogP contribution in [0.4, 0.5) is 4.79 Å². The average Bonchev–Trinajstić information content (AvgIpc) is 2.34. The first-order chi connectivity index (χ1) is 5.11. The minimum absolute atomic E-state index is 0.0247. The molecule has 1 fully saturated rings. The second-order valence-electron chi connectivity index (χ2n) is 2.83. The van der Waals surface area contributed by atoms with Gasteiger partial charge in [0.2, 0.25) is 0 Å². The number of alkyl carbamates (subject to hydrolysis) is 1. The topological polar surface area (TPSA) is 55.4 Å². The Balaban J connectivity index is 2.50. The number of hydrogen-bond acceptors (Lipinski definition) is 3. The van der Waals surface area contributed by atoms with Crippen LogP contribution in [0.15, 0.2) is 0 Å². The number of ketones is 1. The number of carbonyl (C=O) groups is 2. The summed E-state index contributed by atoms with van der Waals surface area (Å²) >= 11 is 0. The molecule has 0 aromatic carbocycles. The van der Waals surface area contributed by atoms with Gasteiger partial charge < -0.3 is 10.1 Å². The maximum absolute atomic E-state index is 11.2. The third-order valence-corrected chi connectivity index (χ3v) is 1.57. The second-order valence-corrected chi connectivity index (χ2v) is 2.83. The summed E-state index contributed by atoms with van der Waals surface area (Å²) in [6.07, 6.45) is -1.06. The number of rotatable bonds is 2. The Labute approximate surface area is 64.9 Å². The Morgan fingerprint density at radius 1 is 1.73 bits per heavy atom. The molecule has 0 spiro atoms. The summed E-state index contributed by atoms with van der Waals surface area (Å²) in [4.78, 5) is 21.7. The predicted octanol–water partition coefficient (Wildman–Crippen LogP) is 0.320. The van der Waals surface area contributed by atoms with Gasteiger partial charge in [-0.05, 0) is 0 Å². The van der Waals surface area contributed by atoms with Crippen molar-refractivity contribution >= 4 is 11.9 Å². The van der Waals surface area contributed by atoms with Crippen LogP contribution < -0.4 is 5.32 Å². The molecule has 4 nitrogen and oxygen atoms in total. The fourth-order valence-corrected chi connectivity index (χ4v) is 0.919. The quantitative estimate of drug-likeness (QED) is 0.628. The van der Waals surface area contributed by atoms with Crippen LogP contribution in [0, 0.1) is 5.92 Å². The van der Waals surface area contributed by atoms with Gasteiger partial charge in [0.05, 0.1) is 6.54 Å². The van der Waals surface area contributed by atoms with Gasteiger partial charge in [-0.2, -0.15) is 0 Å². The lowest BCUT2D eigenvalue weighted by Crippen LogP contribution is -2.28. The van der Waals surface area contributed by atoms with Crippen molar-refractivity contribution in [2.45, 2.75) is 20.0 Å². The molecule has 1 rings (SSSR count). The number of ether oxygens (including phenoxy) is 1. The van der Waals surface area contributed by atoms with Crippen LogP contribution in [0.3, 0.4) is 0 Å². The fourth-order valence-electron chi connectivity index (χ4n) is 0.919. The van der Waals surface area contributed by atoms with Gasteiger partial charge in [0.25, 0.3) is 0 Å². The molecule has 0 aromatic rings. The van der Waals surface area contributed by atoms with E-state index in [1.54, 1.807) is 13.8 Å². The summed E-state index contributed by atoms with van der Waals surface area (Å²) in [7, 11) is 0. The summed E-state index contributed by atoms with van der Waals surface area (Å²) in [5.41, 5.74) is 0. The molecule has 1 N–H and O–H groups in total. The first kappa shape index (κ1) is 8.04.